The predicted octanol–water partition coefficient (Wildman–Crippen LogP) is 4.37. The van der Waals surface area contributed by atoms with E-state index in [2.05, 4.69) is 40.0 Å². The quantitative estimate of drug-likeness (QED) is 0.629. The Bertz CT molecular complexity index is 926. The number of halogens is 1. The molecule has 1 fully saturated rings. The molecule has 1 N–H and O–H groups in total. The van der Waals surface area contributed by atoms with Crippen molar-refractivity contribution in [2.24, 2.45) is 0 Å². The summed E-state index contributed by atoms with van der Waals surface area (Å²) in [6, 6.07) is 13.1. The summed E-state index contributed by atoms with van der Waals surface area (Å²) in [5.74, 6) is 0.705. The van der Waals surface area contributed by atoms with Crippen LogP contribution in [0.5, 0.6) is 5.75 Å². The number of hydrogen-bond donors (Lipinski definition) is 1. The lowest BCUT2D eigenvalue weighted by Gasteiger charge is -2.32. The maximum Gasteiger partial charge on any atom is 0.262 e. The molecule has 2 aromatic rings. The van der Waals surface area contributed by atoms with Crippen LogP contribution in [0.3, 0.4) is 0 Å². The molecule has 0 bridgehead atoms. The van der Waals surface area contributed by atoms with Gasteiger partial charge >= 0.3 is 0 Å². The van der Waals surface area contributed by atoms with Gasteiger partial charge in [0, 0.05) is 26.2 Å². The van der Waals surface area contributed by atoms with E-state index in [1.165, 1.54) is 5.56 Å². The molecular weight excluding hydrogens is 458 g/mol. The molecule has 166 valence electrons. The Hall–Kier alpha value is -2.38. The van der Waals surface area contributed by atoms with Crippen LogP contribution in [-0.2, 0) is 4.79 Å². The third kappa shape index (κ3) is 6.08. The van der Waals surface area contributed by atoms with E-state index in [4.69, 9.17) is 4.74 Å². The summed E-state index contributed by atoms with van der Waals surface area (Å²) in [5.41, 5.74) is 2.23. The van der Waals surface area contributed by atoms with E-state index in [9.17, 15) is 9.59 Å². The van der Waals surface area contributed by atoms with Gasteiger partial charge in [-0.25, -0.2) is 0 Å². The normalized spacial score (nSPS) is 15.4. The third-order valence-electron chi connectivity index (χ3n) is 5.72. The largest absolute Gasteiger partial charge is 0.483 e. The number of para-hydroxylation sites is 1. The number of benzene rings is 2. The average molecular weight is 488 g/mol. The molecule has 0 radical (unpaired) electrons. The Balaban J connectivity index is 1.62. The fourth-order valence-electron chi connectivity index (χ4n) is 3.46. The number of ether oxygens (including phenoxy) is 1. The number of nitrogens with zero attached hydrogens (tertiary/aromatic N) is 2. The minimum absolute atomic E-state index is 0.0618. The van der Waals surface area contributed by atoms with Crippen molar-refractivity contribution >= 4 is 33.4 Å². The van der Waals surface area contributed by atoms with Crippen molar-refractivity contribution in [1.82, 2.24) is 9.80 Å². The van der Waals surface area contributed by atoms with E-state index < -0.39 is 0 Å². The van der Waals surface area contributed by atoms with Gasteiger partial charge in [-0.2, -0.15) is 0 Å². The Morgan fingerprint density at radius 2 is 1.84 bits per heavy atom. The first-order valence-electron chi connectivity index (χ1n) is 10.7. The fraction of sp³-hybridized carbons (Fsp3) is 0.417. The number of anilines is 1. The Kier molecular flexibility index (Phi) is 8.09. The van der Waals surface area contributed by atoms with Crippen LogP contribution in [0.15, 0.2) is 46.9 Å². The molecule has 1 atom stereocenters. The highest BCUT2D eigenvalue weighted by molar-refractivity contribution is 9.10. The zero-order valence-electron chi connectivity index (χ0n) is 18.4. The predicted molar refractivity (Wildman–Crippen MR) is 127 cm³/mol. The standard InChI is InChI=1S/C24H30BrN3O3/c1-4-17(2)18-9-10-22(20(25)15-18)31-16-23(29)26-21-8-6-5-7-19(21)24(30)28-13-11-27(3)12-14-28/h5-10,15,17H,4,11-14,16H2,1-3H3,(H,26,29). The molecule has 6 nitrogen and oxygen atoms in total. The van der Waals surface area contributed by atoms with E-state index >= 15 is 0 Å². The van der Waals surface area contributed by atoms with Crippen molar-refractivity contribution in [1.29, 1.82) is 0 Å². The van der Waals surface area contributed by atoms with Crippen LogP contribution in [0.4, 0.5) is 5.69 Å². The minimum atomic E-state index is -0.309. The van der Waals surface area contributed by atoms with Crippen LogP contribution >= 0.6 is 15.9 Å². The van der Waals surface area contributed by atoms with Crippen molar-refractivity contribution in [2.75, 3.05) is 45.2 Å². The van der Waals surface area contributed by atoms with Gasteiger partial charge in [-0.15, -0.1) is 0 Å². The molecule has 0 aliphatic carbocycles. The maximum atomic E-state index is 13.0. The van der Waals surface area contributed by atoms with Gasteiger partial charge < -0.3 is 19.9 Å². The maximum absolute atomic E-state index is 13.0. The summed E-state index contributed by atoms with van der Waals surface area (Å²) in [6.07, 6.45) is 1.06. The number of piperazine rings is 1. The van der Waals surface area contributed by atoms with Crippen LogP contribution in [0.1, 0.15) is 42.1 Å². The summed E-state index contributed by atoms with van der Waals surface area (Å²) < 4.78 is 6.53. The molecule has 2 amide bonds. The van der Waals surface area contributed by atoms with E-state index in [-0.39, 0.29) is 18.4 Å². The SMILES string of the molecule is CCC(C)c1ccc(OCC(=O)Nc2ccccc2C(=O)N2CCN(C)CC2)c(Br)c1. The Labute approximate surface area is 192 Å². The van der Waals surface area contributed by atoms with Crippen molar-refractivity contribution in [2.45, 2.75) is 26.2 Å². The number of nitrogens with one attached hydrogen (secondary N) is 1. The molecule has 0 aromatic heterocycles. The molecular formula is C24H30BrN3O3. The van der Waals surface area contributed by atoms with Gasteiger partial charge in [-0.3, -0.25) is 9.59 Å². The van der Waals surface area contributed by atoms with Crippen molar-refractivity contribution in [3.8, 4) is 5.75 Å². The first kappa shape index (κ1) is 23.3. The van der Waals surface area contributed by atoms with Gasteiger partial charge in [0.2, 0.25) is 0 Å². The second-order valence-corrected chi connectivity index (χ2v) is 8.83. The van der Waals surface area contributed by atoms with Gasteiger partial charge in [0.1, 0.15) is 5.75 Å². The van der Waals surface area contributed by atoms with E-state index in [0.29, 0.717) is 36.0 Å². The van der Waals surface area contributed by atoms with E-state index in [1.807, 2.05) is 36.2 Å². The summed E-state index contributed by atoms with van der Waals surface area (Å²) in [4.78, 5) is 29.5. The smallest absolute Gasteiger partial charge is 0.262 e. The first-order valence-corrected chi connectivity index (χ1v) is 11.5. The van der Waals surface area contributed by atoms with Crippen molar-refractivity contribution in [3.63, 3.8) is 0 Å². The zero-order chi connectivity index (χ0) is 22.4. The number of carbonyl (C=O) groups is 2. The number of rotatable bonds is 7. The summed E-state index contributed by atoms with van der Waals surface area (Å²) in [5, 5.41) is 2.83. The lowest BCUT2D eigenvalue weighted by atomic mass is 9.99. The van der Waals surface area contributed by atoms with E-state index in [1.54, 1.807) is 18.2 Å². The summed E-state index contributed by atoms with van der Waals surface area (Å²) in [7, 11) is 2.05. The van der Waals surface area contributed by atoms with Crippen LogP contribution in [0.25, 0.3) is 0 Å². The van der Waals surface area contributed by atoms with Gasteiger partial charge in [-0.1, -0.05) is 32.0 Å². The highest BCUT2D eigenvalue weighted by Crippen LogP contribution is 2.30. The number of hydrogen-bond acceptors (Lipinski definition) is 4. The molecule has 1 heterocycles. The van der Waals surface area contributed by atoms with Crippen molar-refractivity contribution < 1.29 is 14.3 Å². The second kappa shape index (κ2) is 10.8. The van der Waals surface area contributed by atoms with Crippen LogP contribution in [0, 0.1) is 0 Å². The number of carbonyl (C=O) groups excluding carboxylic acids is 2. The highest BCUT2D eigenvalue weighted by atomic mass is 79.9. The molecule has 7 heteroatoms. The molecule has 1 aliphatic rings. The van der Waals surface area contributed by atoms with Crippen LogP contribution in [0.2, 0.25) is 0 Å². The van der Waals surface area contributed by atoms with E-state index in [0.717, 1.165) is 24.0 Å². The van der Waals surface area contributed by atoms with Gasteiger partial charge in [0.25, 0.3) is 11.8 Å². The summed E-state index contributed by atoms with van der Waals surface area (Å²) >= 11 is 3.53. The van der Waals surface area contributed by atoms with Gasteiger partial charge in [0.05, 0.1) is 15.7 Å². The van der Waals surface area contributed by atoms with Crippen LogP contribution < -0.4 is 10.1 Å². The highest BCUT2D eigenvalue weighted by Gasteiger charge is 2.23. The molecule has 31 heavy (non-hydrogen) atoms. The molecule has 2 aromatic carbocycles. The van der Waals surface area contributed by atoms with Gasteiger partial charge in [-0.05, 0) is 65.1 Å². The molecule has 0 spiro atoms. The average Bonchev–Trinajstić information content (AvgIpc) is 2.78. The number of amides is 2. The molecule has 1 unspecified atom stereocenters. The fourth-order valence-corrected chi connectivity index (χ4v) is 3.98. The molecule has 3 rings (SSSR count). The Morgan fingerprint density at radius 1 is 1.13 bits per heavy atom. The van der Waals surface area contributed by atoms with Gasteiger partial charge in [0.15, 0.2) is 6.61 Å². The number of likely N-dealkylation sites (N-methyl/N-ethyl adjacent to an activating group) is 1. The van der Waals surface area contributed by atoms with Crippen LogP contribution in [-0.4, -0.2) is 61.4 Å². The topological polar surface area (TPSA) is 61.9 Å². The Morgan fingerprint density at radius 3 is 2.52 bits per heavy atom. The molecule has 1 aliphatic heterocycles. The second-order valence-electron chi connectivity index (χ2n) is 7.98. The minimum Gasteiger partial charge on any atom is -0.483 e. The lowest BCUT2D eigenvalue weighted by Crippen LogP contribution is -2.47. The van der Waals surface area contributed by atoms with Crippen molar-refractivity contribution in [3.05, 3.63) is 58.1 Å². The zero-order valence-corrected chi connectivity index (χ0v) is 19.9. The summed E-state index contributed by atoms with van der Waals surface area (Å²) in [6.45, 7) is 7.25. The first-order chi connectivity index (χ1) is 14.9. The molecule has 1 saturated heterocycles. The third-order valence-corrected chi connectivity index (χ3v) is 6.34. The monoisotopic (exact) mass is 487 g/mol. The molecule has 0 saturated carbocycles. The lowest BCUT2D eigenvalue weighted by molar-refractivity contribution is -0.118.